The molecule has 0 aliphatic heterocycles. The van der Waals surface area contributed by atoms with Crippen molar-refractivity contribution < 1.29 is 19.5 Å². The molecule has 9 heteroatoms. The monoisotopic (exact) mass is 531 g/mol. The first-order valence-electron chi connectivity index (χ1n) is 11.5. The van der Waals surface area contributed by atoms with Crippen LogP contribution in [0.2, 0.25) is 0 Å². The first-order valence-corrected chi connectivity index (χ1v) is 13.2. The van der Waals surface area contributed by atoms with Crippen LogP contribution < -0.4 is 10.6 Å². The highest BCUT2D eigenvalue weighted by atomic mass is 32.2. The molecule has 0 saturated heterocycles. The summed E-state index contributed by atoms with van der Waals surface area (Å²) in [5.41, 5.74) is 3.54. The molecular formula is C28H25N3O4S2. The molecule has 0 bridgehead atoms. The third-order valence-corrected chi connectivity index (χ3v) is 7.51. The fraction of sp³-hybridized carbons (Fsp3) is 0.143. The lowest BCUT2D eigenvalue weighted by Crippen LogP contribution is -2.22. The summed E-state index contributed by atoms with van der Waals surface area (Å²) in [6, 6.07) is 21.2. The van der Waals surface area contributed by atoms with Crippen LogP contribution in [0.5, 0.6) is 0 Å². The maximum Gasteiger partial charge on any atom is 0.336 e. The molecule has 0 saturated carbocycles. The third-order valence-electron chi connectivity index (χ3n) is 5.53. The second kappa shape index (κ2) is 11.4. The Hall–Kier alpha value is -3.95. The third kappa shape index (κ3) is 6.44. The molecular weight excluding hydrogens is 506 g/mol. The van der Waals surface area contributed by atoms with Gasteiger partial charge in [-0.05, 0) is 51.1 Å². The number of carboxylic acids is 1. The number of hydrogen-bond donors (Lipinski definition) is 3. The Kier molecular flexibility index (Phi) is 8.05. The molecule has 188 valence electrons. The summed E-state index contributed by atoms with van der Waals surface area (Å²) in [5.74, 6) is -1.87. The fourth-order valence-corrected chi connectivity index (χ4v) is 5.37. The normalized spacial score (nSPS) is 11.5. The van der Waals surface area contributed by atoms with Gasteiger partial charge in [0.25, 0.3) is 5.91 Å². The van der Waals surface area contributed by atoms with Crippen molar-refractivity contribution in [1.82, 2.24) is 4.98 Å². The van der Waals surface area contributed by atoms with Crippen LogP contribution in [0.3, 0.4) is 0 Å². The molecule has 7 nitrogen and oxygen atoms in total. The van der Waals surface area contributed by atoms with E-state index >= 15 is 0 Å². The number of carbonyl (C=O) groups is 3. The Balaban J connectivity index is 1.40. The summed E-state index contributed by atoms with van der Waals surface area (Å²) in [6.45, 7) is 5.82. The van der Waals surface area contributed by atoms with Crippen molar-refractivity contribution >= 4 is 51.7 Å². The molecule has 0 spiro atoms. The maximum atomic E-state index is 12.9. The van der Waals surface area contributed by atoms with Crippen molar-refractivity contribution in [2.75, 3.05) is 10.6 Å². The Labute approximate surface area is 223 Å². The zero-order chi connectivity index (χ0) is 26.5. The van der Waals surface area contributed by atoms with Crippen LogP contribution in [0.25, 0.3) is 11.3 Å². The van der Waals surface area contributed by atoms with E-state index in [1.165, 1.54) is 40.8 Å². The number of nitrogens with one attached hydrogen (secondary N) is 2. The molecule has 1 unspecified atom stereocenters. The molecule has 0 aliphatic rings. The molecule has 3 aromatic carbocycles. The summed E-state index contributed by atoms with van der Waals surface area (Å²) >= 11 is 2.78. The van der Waals surface area contributed by atoms with Crippen LogP contribution in [0, 0.1) is 13.8 Å². The SMILES string of the molecule is Cc1ccc(-c2nc(NC(=O)C(C)Sc3cccc(NC(=O)c4ccccc4C(=O)O)c3)sc2C)cc1. The van der Waals surface area contributed by atoms with E-state index in [-0.39, 0.29) is 17.0 Å². The van der Waals surface area contributed by atoms with Crippen LogP contribution in [0.1, 0.15) is 38.1 Å². The van der Waals surface area contributed by atoms with Crippen molar-refractivity contribution in [3.63, 3.8) is 0 Å². The standard InChI is InChI=1S/C28H25N3O4S2/c1-16-11-13-19(14-12-16)24-17(2)37-28(30-24)31-25(32)18(3)36-21-8-6-7-20(15-21)29-26(33)22-9-4-5-10-23(22)27(34)35/h4-15,18H,1-3H3,(H,29,33)(H,34,35)(H,30,31,32). The van der Waals surface area contributed by atoms with E-state index < -0.39 is 17.1 Å². The van der Waals surface area contributed by atoms with Crippen LogP contribution in [0.4, 0.5) is 10.8 Å². The Morgan fingerprint density at radius 1 is 0.919 bits per heavy atom. The minimum Gasteiger partial charge on any atom is -0.478 e. The smallest absolute Gasteiger partial charge is 0.336 e. The number of benzene rings is 3. The van der Waals surface area contributed by atoms with E-state index in [9.17, 15) is 19.5 Å². The summed E-state index contributed by atoms with van der Waals surface area (Å²) in [7, 11) is 0. The average molecular weight is 532 g/mol. The highest BCUT2D eigenvalue weighted by Crippen LogP contribution is 2.32. The van der Waals surface area contributed by atoms with Crippen LogP contribution in [0.15, 0.2) is 77.7 Å². The van der Waals surface area contributed by atoms with E-state index in [0.29, 0.717) is 10.8 Å². The van der Waals surface area contributed by atoms with E-state index in [4.69, 9.17) is 0 Å². The number of thiazole rings is 1. The molecule has 0 radical (unpaired) electrons. The number of aryl methyl sites for hydroxylation is 2. The Morgan fingerprint density at radius 2 is 1.62 bits per heavy atom. The highest BCUT2D eigenvalue weighted by Gasteiger charge is 2.19. The molecule has 3 N–H and O–H groups in total. The van der Waals surface area contributed by atoms with Gasteiger partial charge in [-0.3, -0.25) is 9.59 Å². The number of amides is 2. The number of thioether (sulfide) groups is 1. The molecule has 0 fully saturated rings. The molecule has 1 atom stereocenters. The largest absolute Gasteiger partial charge is 0.478 e. The van der Waals surface area contributed by atoms with Gasteiger partial charge in [0.2, 0.25) is 5.91 Å². The van der Waals surface area contributed by atoms with E-state index in [1.807, 2.05) is 44.2 Å². The second-order valence-corrected chi connectivity index (χ2v) is 11.0. The van der Waals surface area contributed by atoms with E-state index in [2.05, 4.69) is 15.6 Å². The number of carbonyl (C=O) groups excluding carboxylic acids is 2. The number of nitrogens with zero attached hydrogens (tertiary/aromatic N) is 1. The quantitative estimate of drug-likeness (QED) is 0.224. The lowest BCUT2D eigenvalue weighted by atomic mass is 10.1. The van der Waals surface area contributed by atoms with Gasteiger partial charge in [-0.15, -0.1) is 23.1 Å². The summed E-state index contributed by atoms with van der Waals surface area (Å²) in [6.07, 6.45) is 0. The Bertz CT molecular complexity index is 1460. The first-order chi connectivity index (χ1) is 17.7. The number of rotatable bonds is 8. The zero-order valence-corrected chi connectivity index (χ0v) is 22.1. The summed E-state index contributed by atoms with van der Waals surface area (Å²) in [4.78, 5) is 43.4. The van der Waals surface area contributed by atoms with E-state index in [0.717, 1.165) is 21.0 Å². The van der Waals surface area contributed by atoms with Crippen molar-refractivity contribution in [1.29, 1.82) is 0 Å². The molecule has 1 aromatic heterocycles. The number of carboxylic acid groups (broad SMARTS) is 1. The fourth-order valence-electron chi connectivity index (χ4n) is 3.61. The summed E-state index contributed by atoms with van der Waals surface area (Å²) < 4.78 is 0. The van der Waals surface area contributed by atoms with Gasteiger partial charge >= 0.3 is 5.97 Å². The van der Waals surface area contributed by atoms with Crippen LogP contribution >= 0.6 is 23.1 Å². The minimum atomic E-state index is -1.17. The zero-order valence-electron chi connectivity index (χ0n) is 20.4. The van der Waals surface area contributed by atoms with Gasteiger partial charge in [-0.1, -0.05) is 48.0 Å². The predicted molar refractivity (Wildman–Crippen MR) is 149 cm³/mol. The predicted octanol–water partition coefficient (Wildman–Crippen LogP) is 6.50. The molecule has 37 heavy (non-hydrogen) atoms. The molecule has 4 aromatic rings. The van der Waals surface area contributed by atoms with Crippen molar-refractivity contribution in [2.24, 2.45) is 0 Å². The molecule has 0 aliphatic carbocycles. The minimum absolute atomic E-state index is 0.0706. The highest BCUT2D eigenvalue weighted by molar-refractivity contribution is 8.00. The average Bonchev–Trinajstić information content (AvgIpc) is 3.24. The van der Waals surface area contributed by atoms with E-state index in [1.54, 1.807) is 37.3 Å². The van der Waals surface area contributed by atoms with Crippen molar-refractivity contribution in [3.8, 4) is 11.3 Å². The van der Waals surface area contributed by atoms with Gasteiger partial charge in [-0.2, -0.15) is 0 Å². The van der Waals surface area contributed by atoms with Crippen molar-refractivity contribution in [3.05, 3.63) is 94.4 Å². The number of hydrogen-bond acceptors (Lipinski definition) is 6. The second-order valence-electron chi connectivity index (χ2n) is 8.37. The van der Waals surface area contributed by atoms with Gasteiger partial charge in [0.05, 0.1) is 22.1 Å². The number of aromatic carboxylic acids is 1. The van der Waals surface area contributed by atoms with Gasteiger partial charge in [0.15, 0.2) is 5.13 Å². The molecule has 2 amide bonds. The number of anilines is 2. The molecule has 4 rings (SSSR count). The summed E-state index contributed by atoms with van der Waals surface area (Å²) in [5, 5.41) is 15.1. The first kappa shape index (κ1) is 26.1. The maximum absolute atomic E-state index is 12.9. The Morgan fingerprint density at radius 3 is 2.32 bits per heavy atom. The molecule has 1 heterocycles. The van der Waals surface area contributed by atoms with Gasteiger partial charge in [0.1, 0.15) is 0 Å². The van der Waals surface area contributed by atoms with Crippen molar-refractivity contribution in [2.45, 2.75) is 30.9 Å². The van der Waals surface area contributed by atoms with Gasteiger partial charge < -0.3 is 15.7 Å². The topological polar surface area (TPSA) is 108 Å². The number of aromatic nitrogens is 1. The lowest BCUT2D eigenvalue weighted by Gasteiger charge is -2.12. The van der Waals surface area contributed by atoms with Gasteiger partial charge in [-0.25, -0.2) is 9.78 Å². The lowest BCUT2D eigenvalue weighted by molar-refractivity contribution is -0.115. The van der Waals surface area contributed by atoms with Crippen LogP contribution in [-0.4, -0.2) is 33.1 Å². The van der Waals surface area contributed by atoms with Crippen LogP contribution in [-0.2, 0) is 4.79 Å². The van der Waals surface area contributed by atoms with Gasteiger partial charge in [0, 0.05) is 21.0 Å².